The number of ether oxygens (including phenoxy) is 3. The normalized spacial score (nSPS) is 16.0. The molecule has 1 heterocycles. The molecule has 1 aromatic carbocycles. The number of hydrogen-bond acceptors (Lipinski definition) is 4. The van der Waals surface area contributed by atoms with Gasteiger partial charge in [-0.2, -0.15) is 0 Å². The van der Waals surface area contributed by atoms with Crippen molar-refractivity contribution in [3.63, 3.8) is 0 Å². The first-order valence-electron chi connectivity index (χ1n) is 7.16. The fraction of sp³-hybridized carbons (Fsp3) is 0.625. The van der Waals surface area contributed by atoms with Gasteiger partial charge in [-0.05, 0) is 50.2 Å². The third-order valence-corrected chi connectivity index (χ3v) is 3.23. The smallest absolute Gasteiger partial charge is 0.161 e. The molecule has 1 atom stereocenters. The van der Waals surface area contributed by atoms with Gasteiger partial charge in [-0.3, -0.25) is 0 Å². The first-order valence-corrected chi connectivity index (χ1v) is 7.16. The Morgan fingerprint density at radius 1 is 1.19 bits per heavy atom. The maximum Gasteiger partial charge on any atom is 0.161 e. The van der Waals surface area contributed by atoms with Crippen molar-refractivity contribution in [2.24, 2.45) is 0 Å². The molecule has 0 saturated heterocycles. The summed E-state index contributed by atoms with van der Waals surface area (Å²) in [6.07, 6.45) is 3.35. The molecule has 1 unspecified atom stereocenters. The van der Waals surface area contributed by atoms with Crippen molar-refractivity contribution < 1.29 is 14.2 Å². The van der Waals surface area contributed by atoms with Gasteiger partial charge in [0.15, 0.2) is 11.5 Å². The Hall–Kier alpha value is -0.970. The lowest BCUT2D eigenvalue weighted by atomic mass is 9.94. The number of nitrogens with one attached hydrogen (secondary N) is 1. The number of methoxy groups -OCH3 is 2. The zero-order valence-electron chi connectivity index (χ0n) is 13.7. The quantitative estimate of drug-likeness (QED) is 0.924. The van der Waals surface area contributed by atoms with E-state index in [0.717, 1.165) is 37.4 Å². The molecule has 0 spiro atoms. The van der Waals surface area contributed by atoms with Gasteiger partial charge in [-0.25, -0.2) is 0 Å². The van der Waals surface area contributed by atoms with E-state index in [1.54, 1.807) is 14.2 Å². The summed E-state index contributed by atoms with van der Waals surface area (Å²) in [4.78, 5) is 0. The van der Waals surface area contributed by atoms with Crippen molar-refractivity contribution in [2.75, 3.05) is 34.9 Å². The van der Waals surface area contributed by atoms with Crippen molar-refractivity contribution in [3.05, 3.63) is 23.3 Å². The number of hydrogen-bond donors (Lipinski definition) is 1. The molecule has 0 radical (unpaired) electrons. The van der Waals surface area contributed by atoms with Crippen LogP contribution >= 0.6 is 12.4 Å². The molecule has 0 saturated carbocycles. The average Bonchev–Trinajstić information content (AvgIpc) is 2.47. The molecular formula is C16H28ClNO3. The van der Waals surface area contributed by atoms with Gasteiger partial charge in [0.2, 0.25) is 0 Å². The minimum absolute atomic E-state index is 0. The summed E-state index contributed by atoms with van der Waals surface area (Å²) < 4.78 is 16.5. The zero-order valence-corrected chi connectivity index (χ0v) is 14.5. The van der Waals surface area contributed by atoms with Crippen LogP contribution < -0.4 is 14.8 Å². The van der Waals surface area contributed by atoms with Gasteiger partial charge < -0.3 is 19.5 Å². The molecule has 1 aromatic rings. The molecule has 1 aliphatic rings. The van der Waals surface area contributed by atoms with Crippen molar-refractivity contribution >= 4 is 12.4 Å². The van der Waals surface area contributed by atoms with Crippen molar-refractivity contribution in [1.29, 1.82) is 0 Å². The Labute approximate surface area is 134 Å². The fourth-order valence-electron chi connectivity index (χ4n) is 2.35. The van der Waals surface area contributed by atoms with Crippen LogP contribution in [0.5, 0.6) is 11.5 Å². The van der Waals surface area contributed by atoms with Crippen molar-refractivity contribution in [1.82, 2.24) is 5.32 Å². The molecule has 0 bridgehead atoms. The van der Waals surface area contributed by atoms with Crippen molar-refractivity contribution in [2.45, 2.75) is 32.3 Å². The predicted molar refractivity (Wildman–Crippen MR) is 89.1 cm³/mol. The second kappa shape index (κ2) is 10.7. The molecule has 0 amide bonds. The second-order valence-electron chi connectivity index (χ2n) is 4.80. The topological polar surface area (TPSA) is 39.7 Å². The third-order valence-electron chi connectivity index (χ3n) is 3.23. The van der Waals surface area contributed by atoms with E-state index in [2.05, 4.69) is 24.4 Å². The second-order valence-corrected chi connectivity index (χ2v) is 4.80. The summed E-state index contributed by atoms with van der Waals surface area (Å²) >= 11 is 0. The van der Waals surface area contributed by atoms with Crippen LogP contribution in [-0.4, -0.2) is 34.9 Å². The summed E-state index contributed by atoms with van der Waals surface area (Å²) in [7, 11) is 7.09. The van der Waals surface area contributed by atoms with Crippen LogP contribution in [0.2, 0.25) is 0 Å². The van der Waals surface area contributed by atoms with Crippen LogP contribution in [0.3, 0.4) is 0 Å². The van der Waals surface area contributed by atoms with E-state index in [4.69, 9.17) is 14.2 Å². The lowest BCUT2D eigenvalue weighted by Crippen LogP contribution is -2.16. The maximum atomic E-state index is 5.82. The van der Waals surface area contributed by atoms with Gasteiger partial charge in [-0.15, -0.1) is 12.4 Å². The first-order chi connectivity index (χ1) is 9.71. The summed E-state index contributed by atoms with van der Waals surface area (Å²) in [6.45, 7) is 2.98. The van der Waals surface area contributed by atoms with Crippen molar-refractivity contribution in [3.8, 4) is 11.5 Å². The highest BCUT2D eigenvalue weighted by atomic mass is 35.5. The van der Waals surface area contributed by atoms with E-state index in [0.29, 0.717) is 0 Å². The summed E-state index contributed by atoms with van der Waals surface area (Å²) in [5.74, 6) is 1.60. The largest absolute Gasteiger partial charge is 0.493 e. The summed E-state index contributed by atoms with van der Waals surface area (Å²) in [6, 6.07) is 4.15. The van der Waals surface area contributed by atoms with Gasteiger partial charge in [0.25, 0.3) is 0 Å². The highest BCUT2D eigenvalue weighted by molar-refractivity contribution is 5.85. The van der Waals surface area contributed by atoms with Gasteiger partial charge >= 0.3 is 0 Å². The van der Waals surface area contributed by atoms with Crippen LogP contribution in [0.15, 0.2) is 12.1 Å². The number of fused-ring (bicyclic) bond motifs is 1. The molecule has 21 heavy (non-hydrogen) atoms. The molecule has 0 fully saturated rings. The Kier molecular flexibility index (Phi) is 10.2. The van der Waals surface area contributed by atoms with Crippen LogP contribution in [0, 0.1) is 0 Å². The minimum Gasteiger partial charge on any atom is -0.493 e. The highest BCUT2D eigenvalue weighted by Gasteiger charge is 2.22. The maximum absolute atomic E-state index is 5.82. The Balaban J connectivity index is 0.000000922. The van der Waals surface area contributed by atoms with Crippen LogP contribution in [0.25, 0.3) is 0 Å². The van der Waals surface area contributed by atoms with Gasteiger partial charge in [0, 0.05) is 0 Å². The number of benzene rings is 1. The number of rotatable bonds is 4. The van der Waals surface area contributed by atoms with Gasteiger partial charge in [0.05, 0.1) is 26.9 Å². The minimum atomic E-state index is 0. The van der Waals surface area contributed by atoms with Gasteiger partial charge in [-0.1, -0.05) is 13.3 Å². The van der Waals surface area contributed by atoms with E-state index in [-0.39, 0.29) is 18.5 Å². The summed E-state index contributed by atoms with van der Waals surface area (Å²) in [5.41, 5.74) is 2.59. The standard InChI is InChI=1S/C14H20O3.C2H7N.ClH/c1-4-5-12-11-9-14(16-3)13(15-2)8-10(11)6-7-17-12;1-3-2;/h8-9,12H,4-7H2,1-3H3;3H,1-2H3;1H. The van der Waals surface area contributed by atoms with Gasteiger partial charge in [0.1, 0.15) is 0 Å². The molecular weight excluding hydrogens is 290 g/mol. The Bertz CT molecular complexity index is 413. The Morgan fingerprint density at radius 3 is 2.29 bits per heavy atom. The monoisotopic (exact) mass is 317 g/mol. The molecule has 0 aromatic heterocycles. The van der Waals surface area contributed by atoms with E-state index < -0.39 is 0 Å². The van der Waals surface area contributed by atoms with E-state index in [9.17, 15) is 0 Å². The van der Waals surface area contributed by atoms with E-state index in [1.807, 2.05) is 14.1 Å². The van der Waals surface area contributed by atoms with Crippen LogP contribution in [0.4, 0.5) is 0 Å². The lowest BCUT2D eigenvalue weighted by molar-refractivity contribution is 0.0358. The molecule has 1 N–H and O–H groups in total. The number of halogens is 1. The summed E-state index contributed by atoms with van der Waals surface area (Å²) in [5, 5.41) is 2.75. The molecule has 122 valence electrons. The lowest BCUT2D eigenvalue weighted by Gasteiger charge is -2.27. The highest BCUT2D eigenvalue weighted by Crippen LogP contribution is 2.38. The molecule has 5 heteroatoms. The average molecular weight is 318 g/mol. The molecule has 2 rings (SSSR count). The first kappa shape index (κ1) is 20.0. The van der Waals surface area contributed by atoms with Crippen LogP contribution in [-0.2, 0) is 11.2 Å². The molecule has 1 aliphatic heterocycles. The SMILES string of the molecule is CCCC1OCCc2cc(OC)c(OC)cc21.CNC.Cl. The van der Waals surface area contributed by atoms with E-state index >= 15 is 0 Å². The molecule has 4 nitrogen and oxygen atoms in total. The van der Waals surface area contributed by atoms with E-state index in [1.165, 1.54) is 11.1 Å². The zero-order chi connectivity index (χ0) is 15.0. The van der Waals surface area contributed by atoms with Crippen LogP contribution in [0.1, 0.15) is 37.0 Å². The fourth-order valence-corrected chi connectivity index (χ4v) is 2.35. The Morgan fingerprint density at radius 2 is 1.76 bits per heavy atom. The third kappa shape index (κ3) is 5.38. The molecule has 0 aliphatic carbocycles. The predicted octanol–water partition coefficient (Wildman–Crippen LogP) is 3.38.